The van der Waals surface area contributed by atoms with Crippen molar-refractivity contribution in [1.29, 1.82) is 0 Å². The molecular weight excluding hydrogens is 243 g/mol. The van der Waals surface area contributed by atoms with Crippen molar-refractivity contribution < 1.29 is 17.6 Å². The number of nitrogens with one attached hydrogen (secondary N) is 1. The van der Waals surface area contributed by atoms with Crippen molar-refractivity contribution in [3.8, 4) is 0 Å². The van der Waals surface area contributed by atoms with Gasteiger partial charge in [0.25, 0.3) is 0 Å². The lowest BCUT2D eigenvalue weighted by molar-refractivity contribution is -0.156. The first-order chi connectivity index (χ1) is 8.49. The van der Waals surface area contributed by atoms with Crippen LogP contribution in [0.3, 0.4) is 0 Å². The Hall–Kier alpha value is -1.49. The molecule has 18 heavy (non-hydrogen) atoms. The predicted molar refractivity (Wildman–Crippen MR) is 63.4 cm³/mol. The molecule has 0 fully saturated rings. The Kier molecular flexibility index (Phi) is 3.34. The molecule has 98 valence electrons. The fraction of sp³-hybridized carbons (Fsp3) is 0.385. The molecule has 0 spiro atoms. The van der Waals surface area contributed by atoms with E-state index in [9.17, 15) is 13.2 Å². The zero-order valence-electron chi connectivity index (χ0n) is 10.1. The monoisotopic (exact) mass is 257 g/mol. The van der Waals surface area contributed by atoms with E-state index >= 15 is 0 Å². The molecule has 2 aromatic rings. The van der Waals surface area contributed by atoms with Crippen LogP contribution in [-0.2, 0) is 6.42 Å². The number of hydrogen-bond acceptors (Lipinski definition) is 2. The van der Waals surface area contributed by atoms with Crippen molar-refractivity contribution in [3.63, 3.8) is 0 Å². The lowest BCUT2D eigenvalue weighted by atomic mass is 10.0. The van der Waals surface area contributed by atoms with Crippen LogP contribution in [0.5, 0.6) is 0 Å². The van der Waals surface area contributed by atoms with Crippen LogP contribution in [0.4, 0.5) is 13.2 Å². The first kappa shape index (κ1) is 13.0. The number of halogens is 3. The van der Waals surface area contributed by atoms with Gasteiger partial charge in [-0.05, 0) is 13.1 Å². The second-order valence-electron chi connectivity index (χ2n) is 4.05. The summed E-state index contributed by atoms with van der Waals surface area (Å²) in [5.41, 5.74) is 0.692. The molecule has 1 unspecified atom stereocenters. The Labute approximate surface area is 103 Å². The maximum absolute atomic E-state index is 13.0. The first-order valence-corrected chi connectivity index (χ1v) is 5.73. The molecular formula is C13H14F3NO. The van der Waals surface area contributed by atoms with Crippen LogP contribution in [0.25, 0.3) is 11.0 Å². The normalized spacial score (nSPS) is 14.1. The maximum atomic E-state index is 13.0. The molecule has 0 radical (unpaired) electrons. The Morgan fingerprint density at radius 3 is 2.50 bits per heavy atom. The van der Waals surface area contributed by atoms with Gasteiger partial charge in [0.2, 0.25) is 0 Å². The molecule has 0 saturated carbocycles. The topological polar surface area (TPSA) is 25.2 Å². The van der Waals surface area contributed by atoms with E-state index in [2.05, 4.69) is 5.32 Å². The van der Waals surface area contributed by atoms with Crippen molar-refractivity contribution in [1.82, 2.24) is 5.32 Å². The number of alkyl halides is 3. The summed E-state index contributed by atoms with van der Waals surface area (Å²) in [6, 6.07) is 5.10. The highest BCUT2D eigenvalue weighted by Gasteiger charge is 2.42. The molecule has 0 saturated heterocycles. The van der Waals surface area contributed by atoms with E-state index in [0.717, 1.165) is 0 Å². The van der Waals surface area contributed by atoms with Crippen LogP contribution >= 0.6 is 0 Å². The summed E-state index contributed by atoms with van der Waals surface area (Å²) in [5.74, 6) is 0.382. The van der Waals surface area contributed by atoms with Crippen molar-refractivity contribution in [2.75, 3.05) is 7.05 Å². The Morgan fingerprint density at radius 2 is 1.94 bits per heavy atom. The van der Waals surface area contributed by atoms with E-state index in [0.29, 0.717) is 23.2 Å². The van der Waals surface area contributed by atoms with Crippen molar-refractivity contribution in [2.24, 2.45) is 0 Å². The minimum Gasteiger partial charge on any atom is -0.461 e. The van der Waals surface area contributed by atoms with Crippen molar-refractivity contribution >= 4 is 11.0 Å². The Morgan fingerprint density at radius 1 is 1.28 bits per heavy atom. The molecule has 2 nitrogen and oxygen atoms in total. The fourth-order valence-electron chi connectivity index (χ4n) is 2.17. The van der Waals surface area contributed by atoms with Gasteiger partial charge in [-0.2, -0.15) is 13.2 Å². The molecule has 0 aliphatic carbocycles. The minimum atomic E-state index is -4.34. The average molecular weight is 257 g/mol. The molecule has 2 rings (SSSR count). The smallest absolute Gasteiger partial charge is 0.408 e. The predicted octanol–water partition coefficient (Wildman–Crippen LogP) is 3.82. The summed E-state index contributed by atoms with van der Waals surface area (Å²) in [6.45, 7) is 1.78. The van der Waals surface area contributed by atoms with Gasteiger partial charge < -0.3 is 9.73 Å². The number of aryl methyl sites for hydroxylation is 1. The van der Waals surface area contributed by atoms with Crippen LogP contribution in [0, 0.1) is 0 Å². The third-order valence-corrected chi connectivity index (χ3v) is 2.94. The second-order valence-corrected chi connectivity index (χ2v) is 4.05. The van der Waals surface area contributed by atoms with Gasteiger partial charge in [-0.1, -0.05) is 25.1 Å². The van der Waals surface area contributed by atoms with Crippen LogP contribution in [0.15, 0.2) is 28.7 Å². The number of benzene rings is 1. The first-order valence-electron chi connectivity index (χ1n) is 5.73. The van der Waals surface area contributed by atoms with Crippen LogP contribution < -0.4 is 5.32 Å². The maximum Gasteiger partial charge on any atom is 0.408 e. The summed E-state index contributed by atoms with van der Waals surface area (Å²) < 4.78 is 44.6. The molecule has 1 aromatic heterocycles. The van der Waals surface area contributed by atoms with Crippen molar-refractivity contribution in [2.45, 2.75) is 25.6 Å². The van der Waals surface area contributed by atoms with Gasteiger partial charge in [0, 0.05) is 17.4 Å². The summed E-state index contributed by atoms with van der Waals surface area (Å²) in [4.78, 5) is 0. The van der Waals surface area contributed by atoms with Gasteiger partial charge in [-0.3, -0.25) is 0 Å². The summed E-state index contributed by atoms with van der Waals surface area (Å²) in [7, 11) is 1.30. The van der Waals surface area contributed by atoms with E-state index in [1.54, 1.807) is 31.2 Å². The van der Waals surface area contributed by atoms with Gasteiger partial charge in [0.05, 0.1) is 0 Å². The fourth-order valence-corrected chi connectivity index (χ4v) is 2.17. The van der Waals surface area contributed by atoms with E-state index in [4.69, 9.17) is 4.42 Å². The van der Waals surface area contributed by atoms with E-state index in [1.807, 2.05) is 0 Å². The standard InChI is InChI=1S/C13H14F3NO/c1-3-9-11(12(17-2)13(14,15)16)8-6-4-5-7-10(8)18-9/h4-7,12,17H,3H2,1-2H3. The number of hydrogen-bond donors (Lipinski definition) is 1. The zero-order chi connectivity index (χ0) is 13.3. The van der Waals surface area contributed by atoms with Gasteiger partial charge in [-0.15, -0.1) is 0 Å². The number of rotatable bonds is 3. The molecule has 5 heteroatoms. The molecule has 1 atom stereocenters. The number of fused-ring (bicyclic) bond motifs is 1. The van der Waals surface area contributed by atoms with Gasteiger partial charge in [-0.25, -0.2) is 0 Å². The molecule has 0 aliphatic rings. The van der Waals surface area contributed by atoms with E-state index in [-0.39, 0.29) is 5.56 Å². The molecule has 1 heterocycles. The Bertz CT molecular complexity index is 545. The van der Waals surface area contributed by atoms with Gasteiger partial charge in [0.1, 0.15) is 17.4 Å². The lowest BCUT2D eigenvalue weighted by Gasteiger charge is -2.19. The SMILES string of the molecule is CCc1oc2ccccc2c1C(NC)C(F)(F)F. The lowest BCUT2D eigenvalue weighted by Crippen LogP contribution is -2.32. The van der Waals surface area contributed by atoms with Crippen LogP contribution in [0.2, 0.25) is 0 Å². The number of para-hydroxylation sites is 1. The van der Waals surface area contributed by atoms with E-state index in [1.165, 1.54) is 7.05 Å². The summed E-state index contributed by atoms with van der Waals surface area (Å²) in [6.07, 6.45) is -3.91. The molecule has 0 bridgehead atoms. The highest BCUT2D eigenvalue weighted by molar-refractivity contribution is 5.83. The van der Waals surface area contributed by atoms with Gasteiger partial charge in [0.15, 0.2) is 0 Å². The molecule has 1 aromatic carbocycles. The largest absolute Gasteiger partial charge is 0.461 e. The van der Waals surface area contributed by atoms with Crippen LogP contribution in [-0.4, -0.2) is 13.2 Å². The average Bonchev–Trinajstić information content (AvgIpc) is 2.67. The third kappa shape index (κ3) is 2.10. The molecule has 1 N–H and O–H groups in total. The second kappa shape index (κ2) is 4.65. The van der Waals surface area contributed by atoms with Gasteiger partial charge >= 0.3 is 6.18 Å². The highest BCUT2D eigenvalue weighted by atomic mass is 19.4. The molecule has 0 amide bonds. The van der Waals surface area contributed by atoms with Crippen molar-refractivity contribution in [3.05, 3.63) is 35.6 Å². The van der Waals surface area contributed by atoms with E-state index < -0.39 is 12.2 Å². The summed E-state index contributed by atoms with van der Waals surface area (Å²) >= 11 is 0. The summed E-state index contributed by atoms with van der Waals surface area (Å²) in [5, 5.41) is 2.85. The molecule has 0 aliphatic heterocycles. The zero-order valence-corrected chi connectivity index (χ0v) is 10.1. The van der Waals surface area contributed by atoms with Crippen LogP contribution in [0.1, 0.15) is 24.3 Å². The highest BCUT2D eigenvalue weighted by Crippen LogP contribution is 2.39. The Balaban J connectivity index is 2.67. The third-order valence-electron chi connectivity index (χ3n) is 2.94. The number of furan rings is 1. The minimum absolute atomic E-state index is 0.197. The quantitative estimate of drug-likeness (QED) is 0.904.